The van der Waals surface area contributed by atoms with Crippen molar-refractivity contribution in [1.29, 1.82) is 0 Å². The minimum atomic E-state index is 0.527. The Hall–Kier alpha value is -3.35. The Morgan fingerprint density at radius 1 is 1.19 bits per heavy atom. The van der Waals surface area contributed by atoms with Gasteiger partial charge in [0.05, 0.1) is 25.2 Å². The summed E-state index contributed by atoms with van der Waals surface area (Å²) in [6, 6.07) is 3.78. The van der Waals surface area contributed by atoms with Crippen LogP contribution in [0.4, 0.5) is 5.82 Å². The van der Waals surface area contributed by atoms with Gasteiger partial charge in [0.15, 0.2) is 5.82 Å². The van der Waals surface area contributed by atoms with Crippen LogP contribution in [0.15, 0.2) is 72.6 Å². The predicted molar refractivity (Wildman–Crippen MR) is 133 cm³/mol. The zero-order valence-corrected chi connectivity index (χ0v) is 19.2. The zero-order chi connectivity index (χ0) is 23.2. The van der Waals surface area contributed by atoms with Gasteiger partial charge >= 0.3 is 0 Å². The average Bonchev–Trinajstić information content (AvgIpc) is 2.83. The van der Waals surface area contributed by atoms with Crippen LogP contribution >= 0.6 is 0 Å². The van der Waals surface area contributed by atoms with Gasteiger partial charge in [-0.1, -0.05) is 43.5 Å². The van der Waals surface area contributed by atoms with Gasteiger partial charge in [0, 0.05) is 36.8 Å². The fourth-order valence-electron chi connectivity index (χ4n) is 2.89. The number of rotatable bonds is 12. The van der Waals surface area contributed by atoms with Crippen LogP contribution in [-0.2, 0) is 9.47 Å². The van der Waals surface area contributed by atoms with Crippen molar-refractivity contribution in [3.05, 3.63) is 83.2 Å². The molecule has 2 rings (SSSR count). The van der Waals surface area contributed by atoms with Crippen molar-refractivity contribution >= 4 is 18.5 Å². The van der Waals surface area contributed by atoms with E-state index >= 15 is 0 Å². The van der Waals surface area contributed by atoms with E-state index in [1.165, 1.54) is 0 Å². The third-order valence-corrected chi connectivity index (χ3v) is 4.55. The molecule has 6 nitrogen and oxygen atoms in total. The van der Waals surface area contributed by atoms with E-state index in [4.69, 9.17) is 9.47 Å². The van der Waals surface area contributed by atoms with Crippen LogP contribution < -0.4 is 15.9 Å². The van der Waals surface area contributed by atoms with E-state index in [0.717, 1.165) is 21.9 Å². The lowest BCUT2D eigenvalue weighted by molar-refractivity contribution is 0.0644. The second-order valence-electron chi connectivity index (χ2n) is 6.66. The summed E-state index contributed by atoms with van der Waals surface area (Å²) in [4.78, 5) is 13.4. The molecule has 0 unspecified atom stereocenters. The highest BCUT2D eigenvalue weighted by molar-refractivity contribution is 5.65. The molecule has 1 N–H and O–H groups in total. The minimum absolute atomic E-state index is 0.527. The van der Waals surface area contributed by atoms with E-state index < -0.39 is 0 Å². The summed E-state index contributed by atoms with van der Waals surface area (Å²) in [5.41, 5.74) is 2.80. The highest BCUT2D eigenvalue weighted by atomic mass is 16.5. The van der Waals surface area contributed by atoms with Crippen LogP contribution in [0.2, 0.25) is 0 Å². The Morgan fingerprint density at radius 3 is 2.66 bits per heavy atom. The highest BCUT2D eigenvalue weighted by Crippen LogP contribution is 2.15. The molecule has 0 fully saturated rings. The summed E-state index contributed by atoms with van der Waals surface area (Å²) in [7, 11) is 1.83. The molecular formula is C26H32N4O2. The summed E-state index contributed by atoms with van der Waals surface area (Å²) in [5.74, 6) is 1.28. The first-order valence-electron chi connectivity index (χ1n) is 10.6. The standard InChI is InChI=1S/C26H32N4O2/c1-6-21(12-9-10-15-32-17-16-31-8-3)22(7-2)18-24-20(4)29-25(30-26(24)27-5)23-13-11-14-28-19-23/h6-7,9-14,18-19H,1,4,8,15-17H2,2-3,5H3,(H,27,29,30)/b10-9-,21-12+,22-7+,24-18+. The molecule has 0 bridgehead atoms. The van der Waals surface area contributed by atoms with E-state index in [9.17, 15) is 0 Å². The molecule has 0 spiro atoms. The van der Waals surface area contributed by atoms with E-state index in [1.54, 1.807) is 12.4 Å². The van der Waals surface area contributed by atoms with Crippen LogP contribution in [0, 0.1) is 0 Å². The molecular weight excluding hydrogens is 400 g/mol. The Kier molecular flexibility index (Phi) is 10.8. The minimum Gasteiger partial charge on any atom is -0.379 e. The fourth-order valence-corrected chi connectivity index (χ4v) is 2.89. The van der Waals surface area contributed by atoms with E-state index in [1.807, 2.05) is 69.5 Å². The van der Waals surface area contributed by atoms with Gasteiger partial charge in [-0.15, -0.1) is 0 Å². The van der Waals surface area contributed by atoms with Gasteiger partial charge in [-0.3, -0.25) is 4.98 Å². The number of hydrogen-bond acceptors (Lipinski definition) is 6. The summed E-state index contributed by atoms with van der Waals surface area (Å²) in [5, 5.41) is 4.61. The SMILES string of the molecule is C=CC(=C\C=C/COCCOCC)/C(=C/C)/C=c1/c(NC)nc(-c2cccnc2)nc1=C. The Morgan fingerprint density at radius 2 is 2.00 bits per heavy atom. The number of anilines is 1. The van der Waals surface area contributed by atoms with Crippen molar-refractivity contribution in [1.82, 2.24) is 15.0 Å². The molecule has 0 aliphatic heterocycles. The number of aromatic nitrogens is 3. The number of nitrogens with zero attached hydrogens (tertiary/aromatic N) is 3. The molecule has 2 heterocycles. The van der Waals surface area contributed by atoms with Crippen LogP contribution in [0.5, 0.6) is 0 Å². The molecule has 0 aliphatic rings. The lowest BCUT2D eigenvalue weighted by atomic mass is 10.0. The van der Waals surface area contributed by atoms with Crippen molar-refractivity contribution in [2.45, 2.75) is 13.8 Å². The normalized spacial score (nSPS) is 13.0. The summed E-state index contributed by atoms with van der Waals surface area (Å²) >= 11 is 0. The van der Waals surface area contributed by atoms with Gasteiger partial charge in [-0.2, -0.15) is 0 Å². The van der Waals surface area contributed by atoms with Crippen LogP contribution in [-0.4, -0.2) is 48.4 Å². The maximum absolute atomic E-state index is 5.50. The smallest absolute Gasteiger partial charge is 0.163 e. The topological polar surface area (TPSA) is 69.2 Å². The summed E-state index contributed by atoms with van der Waals surface area (Å²) in [6.45, 7) is 14.5. The zero-order valence-electron chi connectivity index (χ0n) is 19.2. The largest absolute Gasteiger partial charge is 0.379 e. The van der Waals surface area contributed by atoms with Crippen LogP contribution in [0.1, 0.15) is 13.8 Å². The molecule has 2 aromatic heterocycles. The Bertz CT molecular complexity index is 1070. The molecule has 32 heavy (non-hydrogen) atoms. The van der Waals surface area contributed by atoms with E-state index in [2.05, 4.69) is 33.4 Å². The highest BCUT2D eigenvalue weighted by Gasteiger charge is 2.07. The molecule has 2 aromatic rings. The summed E-state index contributed by atoms with van der Waals surface area (Å²) < 4.78 is 10.8. The number of nitrogens with one attached hydrogen (secondary N) is 1. The number of pyridine rings is 1. The Labute approximate surface area is 190 Å². The van der Waals surface area contributed by atoms with Crippen molar-refractivity contribution in [2.24, 2.45) is 0 Å². The van der Waals surface area contributed by atoms with Crippen molar-refractivity contribution in [2.75, 3.05) is 38.8 Å². The number of allylic oxidation sites excluding steroid dienone is 6. The molecule has 0 radical (unpaired) electrons. The molecule has 0 aliphatic carbocycles. The number of ether oxygens (including phenoxy) is 2. The van der Waals surface area contributed by atoms with E-state index in [0.29, 0.717) is 43.4 Å². The van der Waals surface area contributed by atoms with Crippen LogP contribution in [0.3, 0.4) is 0 Å². The van der Waals surface area contributed by atoms with Crippen LogP contribution in [0.25, 0.3) is 24.0 Å². The molecule has 168 valence electrons. The van der Waals surface area contributed by atoms with E-state index in [-0.39, 0.29) is 0 Å². The predicted octanol–water partition coefficient (Wildman–Crippen LogP) is 3.44. The average molecular weight is 433 g/mol. The van der Waals surface area contributed by atoms with Gasteiger partial charge in [0.2, 0.25) is 0 Å². The second-order valence-corrected chi connectivity index (χ2v) is 6.66. The third kappa shape index (κ3) is 7.41. The summed E-state index contributed by atoms with van der Waals surface area (Å²) in [6.07, 6.45) is 15.2. The maximum Gasteiger partial charge on any atom is 0.163 e. The first-order chi connectivity index (χ1) is 15.6. The molecule has 0 saturated carbocycles. The fraction of sp³-hybridized carbons (Fsp3) is 0.269. The molecule has 0 amide bonds. The quantitative estimate of drug-likeness (QED) is 0.409. The van der Waals surface area contributed by atoms with Gasteiger partial charge in [0.25, 0.3) is 0 Å². The van der Waals surface area contributed by atoms with Gasteiger partial charge in [0.1, 0.15) is 5.82 Å². The Balaban J connectivity index is 2.27. The van der Waals surface area contributed by atoms with Gasteiger partial charge in [-0.25, -0.2) is 9.97 Å². The van der Waals surface area contributed by atoms with Gasteiger partial charge < -0.3 is 14.8 Å². The molecule has 0 aromatic carbocycles. The van der Waals surface area contributed by atoms with Crippen molar-refractivity contribution in [3.63, 3.8) is 0 Å². The monoisotopic (exact) mass is 432 g/mol. The lowest BCUT2D eigenvalue weighted by Gasteiger charge is -2.07. The first-order valence-corrected chi connectivity index (χ1v) is 10.6. The third-order valence-electron chi connectivity index (χ3n) is 4.55. The molecule has 0 saturated heterocycles. The molecule has 0 atom stereocenters. The maximum atomic E-state index is 5.50. The second kappa shape index (κ2) is 13.9. The first kappa shape index (κ1) is 24.9. The number of hydrogen-bond donors (Lipinski definition) is 1. The van der Waals surface area contributed by atoms with Crippen molar-refractivity contribution < 1.29 is 9.47 Å². The lowest BCUT2D eigenvalue weighted by Crippen LogP contribution is -2.31. The van der Waals surface area contributed by atoms with Crippen molar-refractivity contribution in [3.8, 4) is 11.4 Å². The van der Waals surface area contributed by atoms with Gasteiger partial charge in [-0.05, 0) is 43.2 Å². The molecule has 6 heteroatoms.